The first-order valence-electron chi connectivity index (χ1n) is 13.3. The van der Waals surface area contributed by atoms with Crippen LogP contribution in [0.25, 0.3) is 39.3 Å². The minimum absolute atomic E-state index is 0.146. The fraction of sp³-hybridized carbons (Fsp3) is 0.300. The van der Waals surface area contributed by atoms with Gasteiger partial charge in [-0.05, 0) is 49.3 Å². The summed E-state index contributed by atoms with van der Waals surface area (Å²) in [4.78, 5) is 21.7. The van der Waals surface area contributed by atoms with E-state index in [2.05, 4.69) is 27.6 Å². The second-order valence-electron chi connectivity index (χ2n) is 11.0. The van der Waals surface area contributed by atoms with Crippen LogP contribution in [0, 0.1) is 5.92 Å². The van der Waals surface area contributed by atoms with Crippen LogP contribution in [0.5, 0.6) is 0 Å². The molecule has 0 bridgehead atoms. The van der Waals surface area contributed by atoms with Crippen molar-refractivity contribution in [3.63, 3.8) is 0 Å². The number of aliphatic hydroxyl groups is 1. The third kappa shape index (κ3) is 4.05. The number of nitrogens with two attached hydrogens (primary N) is 1. The monoisotopic (exact) mass is 519 g/mol. The number of fused-ring (bicyclic) bond motifs is 3. The molecule has 2 aliphatic rings. The molecule has 0 spiro atoms. The summed E-state index contributed by atoms with van der Waals surface area (Å²) in [6, 6.07) is 21.9. The molecular formula is C30H29N7O2. The van der Waals surface area contributed by atoms with Crippen molar-refractivity contribution in [3.05, 3.63) is 78.1 Å². The number of nitrogens with zero attached hydrogens (tertiary/aromatic N) is 5. The van der Waals surface area contributed by atoms with E-state index in [4.69, 9.17) is 15.7 Å². The molecule has 0 atom stereocenters. The van der Waals surface area contributed by atoms with E-state index < -0.39 is 11.1 Å². The van der Waals surface area contributed by atoms with Gasteiger partial charge in [-0.15, -0.1) is 10.2 Å². The molecule has 0 saturated heterocycles. The lowest BCUT2D eigenvalue weighted by atomic mass is 9.60. The van der Waals surface area contributed by atoms with Crippen molar-refractivity contribution in [1.29, 1.82) is 0 Å². The van der Waals surface area contributed by atoms with E-state index in [9.17, 15) is 9.90 Å². The van der Waals surface area contributed by atoms with Crippen LogP contribution in [0.4, 0.5) is 0 Å². The zero-order valence-corrected chi connectivity index (χ0v) is 21.6. The molecule has 5 aromatic rings. The van der Waals surface area contributed by atoms with Crippen molar-refractivity contribution in [2.75, 3.05) is 0 Å². The maximum atomic E-state index is 11.5. The van der Waals surface area contributed by atoms with Gasteiger partial charge in [-0.2, -0.15) is 0 Å². The summed E-state index contributed by atoms with van der Waals surface area (Å²) in [5.74, 6) is 0.842. The highest BCUT2D eigenvalue weighted by Gasteiger charge is 2.58. The number of carbonyl (C=O) groups is 1. The largest absolute Gasteiger partial charge is 0.389 e. The van der Waals surface area contributed by atoms with Crippen LogP contribution in [-0.4, -0.2) is 41.2 Å². The Morgan fingerprint density at radius 3 is 2.36 bits per heavy atom. The third-order valence-electron chi connectivity index (χ3n) is 8.12. The molecule has 2 aliphatic carbocycles. The number of amides is 1. The Kier molecular flexibility index (Phi) is 5.30. The van der Waals surface area contributed by atoms with Crippen molar-refractivity contribution in [2.24, 2.45) is 11.7 Å². The van der Waals surface area contributed by atoms with Gasteiger partial charge in [0.2, 0.25) is 5.91 Å². The van der Waals surface area contributed by atoms with E-state index in [1.807, 2.05) is 59.0 Å². The van der Waals surface area contributed by atoms with Crippen LogP contribution in [0.1, 0.15) is 44.0 Å². The standard InChI is InChI=1S/C30H29N7O2/c1-18(38)32-15-25-36-35-24-14-13-23-28(37(24)25)34-27(19-5-3-2-4-6-19)26(33-23)20-7-9-21(10-8-20)29(31)16-30(39,17-29)22-11-12-22/h2-10,13-14,22,39H,11-12,15-17,31H2,1H3,(H,32,38)/t29-,30-. The number of rotatable bonds is 6. The average molecular weight is 520 g/mol. The maximum absolute atomic E-state index is 11.5. The number of hydrogen-bond donors (Lipinski definition) is 3. The molecule has 1 amide bonds. The molecule has 0 radical (unpaired) electrons. The molecule has 2 aromatic carbocycles. The van der Waals surface area contributed by atoms with E-state index in [0.717, 1.165) is 40.9 Å². The topological polar surface area (TPSA) is 131 Å². The van der Waals surface area contributed by atoms with Gasteiger partial charge in [-0.25, -0.2) is 9.97 Å². The number of carbonyl (C=O) groups excluding carboxylic acids is 1. The lowest BCUT2D eigenvalue weighted by Crippen LogP contribution is -2.60. The van der Waals surface area contributed by atoms with Crippen LogP contribution in [0.2, 0.25) is 0 Å². The molecule has 2 saturated carbocycles. The van der Waals surface area contributed by atoms with Crippen molar-refractivity contribution in [2.45, 2.75) is 50.3 Å². The van der Waals surface area contributed by atoms with Crippen LogP contribution in [0.3, 0.4) is 0 Å². The van der Waals surface area contributed by atoms with E-state index >= 15 is 0 Å². The lowest BCUT2D eigenvalue weighted by molar-refractivity contribution is -0.119. The van der Waals surface area contributed by atoms with Crippen molar-refractivity contribution < 1.29 is 9.90 Å². The van der Waals surface area contributed by atoms with Crippen LogP contribution in [-0.2, 0) is 16.9 Å². The Hall–Kier alpha value is -4.21. The summed E-state index contributed by atoms with van der Waals surface area (Å²) >= 11 is 0. The number of aromatic nitrogens is 5. The van der Waals surface area contributed by atoms with Crippen molar-refractivity contribution >= 4 is 22.7 Å². The predicted molar refractivity (Wildman–Crippen MR) is 147 cm³/mol. The second kappa shape index (κ2) is 8.65. The minimum Gasteiger partial charge on any atom is -0.389 e. The Balaban J connectivity index is 1.32. The molecule has 9 nitrogen and oxygen atoms in total. The summed E-state index contributed by atoms with van der Waals surface area (Å²) in [7, 11) is 0. The van der Waals surface area contributed by atoms with Gasteiger partial charge in [0.05, 0.1) is 23.5 Å². The van der Waals surface area contributed by atoms with Gasteiger partial charge in [-0.1, -0.05) is 54.6 Å². The summed E-state index contributed by atoms with van der Waals surface area (Å²) < 4.78 is 1.84. The SMILES string of the molecule is CC(=O)NCc1nnc2ccc3nc(-c4ccc([C@]5(N)C[C@@](O)(C6CC6)C5)cc4)c(-c4ccccc4)nc3n12. The molecule has 9 heteroatoms. The summed E-state index contributed by atoms with van der Waals surface area (Å²) in [6.45, 7) is 1.70. The number of pyridine rings is 1. The smallest absolute Gasteiger partial charge is 0.217 e. The molecule has 196 valence electrons. The van der Waals surface area contributed by atoms with E-state index in [-0.39, 0.29) is 12.5 Å². The Bertz CT molecular complexity index is 1720. The Morgan fingerprint density at radius 1 is 0.974 bits per heavy atom. The van der Waals surface area contributed by atoms with Gasteiger partial charge in [0, 0.05) is 23.6 Å². The Morgan fingerprint density at radius 2 is 1.67 bits per heavy atom. The molecule has 0 unspecified atom stereocenters. The number of nitrogens with one attached hydrogen (secondary N) is 1. The molecule has 7 rings (SSSR count). The first-order chi connectivity index (χ1) is 18.8. The van der Waals surface area contributed by atoms with Gasteiger partial charge in [0.1, 0.15) is 5.52 Å². The minimum atomic E-state index is -0.607. The zero-order chi connectivity index (χ0) is 26.8. The van der Waals surface area contributed by atoms with Gasteiger partial charge < -0.3 is 16.2 Å². The molecule has 3 heterocycles. The van der Waals surface area contributed by atoms with Crippen molar-refractivity contribution in [1.82, 2.24) is 29.9 Å². The van der Waals surface area contributed by atoms with E-state index in [1.165, 1.54) is 6.92 Å². The molecule has 4 N–H and O–H groups in total. The molecule has 2 fully saturated rings. The lowest BCUT2D eigenvalue weighted by Gasteiger charge is -2.52. The highest BCUT2D eigenvalue weighted by Crippen LogP contribution is 2.57. The van der Waals surface area contributed by atoms with Gasteiger partial charge in [-0.3, -0.25) is 9.20 Å². The molecule has 0 aliphatic heterocycles. The summed E-state index contributed by atoms with van der Waals surface area (Å²) in [6.07, 6.45) is 3.41. The average Bonchev–Trinajstić information content (AvgIpc) is 3.71. The van der Waals surface area contributed by atoms with Gasteiger partial charge in [0.25, 0.3) is 0 Å². The highest BCUT2D eigenvalue weighted by molar-refractivity contribution is 5.86. The summed E-state index contributed by atoms with van der Waals surface area (Å²) in [5, 5.41) is 22.2. The number of hydrogen-bond acceptors (Lipinski definition) is 7. The normalized spacial score (nSPS) is 22.6. The predicted octanol–water partition coefficient (Wildman–Crippen LogP) is 3.73. The number of benzene rings is 2. The fourth-order valence-corrected chi connectivity index (χ4v) is 5.97. The zero-order valence-electron chi connectivity index (χ0n) is 21.6. The summed E-state index contributed by atoms with van der Waals surface area (Å²) in [5.41, 5.74) is 11.9. The van der Waals surface area contributed by atoms with Crippen LogP contribution in [0.15, 0.2) is 66.7 Å². The maximum Gasteiger partial charge on any atom is 0.217 e. The van der Waals surface area contributed by atoms with Crippen molar-refractivity contribution in [3.8, 4) is 22.5 Å². The first kappa shape index (κ1) is 23.9. The van der Waals surface area contributed by atoms with E-state index in [0.29, 0.717) is 41.4 Å². The fourth-order valence-electron chi connectivity index (χ4n) is 5.97. The van der Waals surface area contributed by atoms with E-state index in [1.54, 1.807) is 0 Å². The molecule has 3 aromatic heterocycles. The highest BCUT2D eigenvalue weighted by atomic mass is 16.3. The van der Waals surface area contributed by atoms with Crippen LogP contribution >= 0.6 is 0 Å². The van der Waals surface area contributed by atoms with Gasteiger partial charge >= 0.3 is 0 Å². The second-order valence-corrected chi connectivity index (χ2v) is 11.0. The van der Waals surface area contributed by atoms with Gasteiger partial charge in [0.15, 0.2) is 17.1 Å². The third-order valence-corrected chi connectivity index (χ3v) is 8.12. The molecule has 39 heavy (non-hydrogen) atoms. The Labute approximate surface area is 225 Å². The first-order valence-corrected chi connectivity index (χ1v) is 13.3. The molecular weight excluding hydrogens is 490 g/mol. The van der Waals surface area contributed by atoms with Crippen LogP contribution < -0.4 is 11.1 Å². The quantitative estimate of drug-likeness (QED) is 0.311.